The molecule has 3 aromatic carbocycles. The van der Waals surface area contributed by atoms with Crippen LogP contribution in [0.1, 0.15) is 54.7 Å². The van der Waals surface area contributed by atoms with Crippen molar-refractivity contribution in [3.05, 3.63) is 102 Å². The van der Waals surface area contributed by atoms with Crippen molar-refractivity contribution >= 4 is 0 Å². The summed E-state index contributed by atoms with van der Waals surface area (Å²) in [6.07, 6.45) is 0.919. The average molecular weight is 373 g/mol. The molecule has 1 aliphatic rings. The molecular weight excluding hydrogens is 346 g/mol. The standard InChI is InChI=1S/C25H27NO2/c1-2-21(18-11-5-3-6-12-18)26-22-17-24(19-13-7-4-8-14-19)28-23-16-10-9-15-20(23)25(22)27/h3-16,21-22,24-27H,2,17H2,1H3. The molecule has 3 nitrogen and oxygen atoms in total. The molecule has 0 bridgehead atoms. The van der Waals surface area contributed by atoms with Crippen LogP contribution in [0.3, 0.4) is 0 Å². The van der Waals surface area contributed by atoms with E-state index in [-0.39, 0.29) is 18.2 Å². The zero-order valence-corrected chi connectivity index (χ0v) is 16.2. The number of para-hydroxylation sites is 1. The van der Waals surface area contributed by atoms with E-state index in [0.29, 0.717) is 6.42 Å². The molecule has 144 valence electrons. The summed E-state index contributed by atoms with van der Waals surface area (Å²) in [5, 5.41) is 14.9. The van der Waals surface area contributed by atoms with Crippen molar-refractivity contribution in [1.82, 2.24) is 5.32 Å². The molecule has 0 spiro atoms. The van der Waals surface area contributed by atoms with E-state index in [9.17, 15) is 5.11 Å². The summed E-state index contributed by atoms with van der Waals surface area (Å²) >= 11 is 0. The highest BCUT2D eigenvalue weighted by Crippen LogP contribution is 2.39. The van der Waals surface area contributed by atoms with Crippen molar-refractivity contribution < 1.29 is 9.84 Å². The van der Waals surface area contributed by atoms with E-state index < -0.39 is 6.10 Å². The van der Waals surface area contributed by atoms with Gasteiger partial charge in [0.1, 0.15) is 11.9 Å². The highest BCUT2D eigenvalue weighted by molar-refractivity contribution is 5.38. The lowest BCUT2D eigenvalue weighted by molar-refractivity contribution is 0.104. The minimum absolute atomic E-state index is 0.106. The highest BCUT2D eigenvalue weighted by Gasteiger charge is 2.33. The molecule has 4 rings (SSSR count). The SMILES string of the molecule is CCC(NC1CC(c2ccccc2)Oc2ccccc2C1O)c1ccccc1. The second kappa shape index (κ2) is 8.59. The third kappa shape index (κ3) is 3.96. The average Bonchev–Trinajstić information content (AvgIpc) is 2.90. The predicted octanol–water partition coefficient (Wildman–Crippen LogP) is 5.35. The van der Waals surface area contributed by atoms with Crippen LogP contribution in [0.4, 0.5) is 0 Å². The first kappa shape index (κ1) is 18.7. The monoisotopic (exact) mass is 373 g/mol. The molecule has 28 heavy (non-hydrogen) atoms. The minimum atomic E-state index is -0.623. The first-order chi connectivity index (χ1) is 13.8. The van der Waals surface area contributed by atoms with E-state index in [1.54, 1.807) is 0 Å². The summed E-state index contributed by atoms with van der Waals surface area (Å²) in [5.74, 6) is 0.765. The van der Waals surface area contributed by atoms with Crippen LogP contribution >= 0.6 is 0 Å². The number of hydrogen-bond acceptors (Lipinski definition) is 3. The van der Waals surface area contributed by atoms with E-state index in [0.717, 1.165) is 23.3 Å². The predicted molar refractivity (Wildman–Crippen MR) is 112 cm³/mol. The summed E-state index contributed by atoms with van der Waals surface area (Å²) in [6, 6.07) is 28.6. The van der Waals surface area contributed by atoms with Gasteiger partial charge in [0.25, 0.3) is 0 Å². The van der Waals surface area contributed by atoms with Crippen LogP contribution in [0.25, 0.3) is 0 Å². The van der Waals surface area contributed by atoms with Gasteiger partial charge in [-0.2, -0.15) is 0 Å². The maximum atomic E-state index is 11.2. The maximum absolute atomic E-state index is 11.2. The van der Waals surface area contributed by atoms with Crippen molar-refractivity contribution in [2.45, 2.75) is 44.1 Å². The molecule has 0 amide bonds. The maximum Gasteiger partial charge on any atom is 0.126 e. The van der Waals surface area contributed by atoms with Crippen LogP contribution < -0.4 is 10.1 Å². The van der Waals surface area contributed by atoms with E-state index in [4.69, 9.17) is 4.74 Å². The third-order valence-corrected chi connectivity index (χ3v) is 5.55. The molecule has 1 aliphatic heterocycles. The topological polar surface area (TPSA) is 41.5 Å². The van der Waals surface area contributed by atoms with Crippen molar-refractivity contribution in [3.63, 3.8) is 0 Å². The summed E-state index contributed by atoms with van der Waals surface area (Å²) < 4.78 is 6.36. The van der Waals surface area contributed by atoms with Crippen molar-refractivity contribution in [1.29, 1.82) is 0 Å². The third-order valence-electron chi connectivity index (χ3n) is 5.55. The molecule has 3 aromatic rings. The Morgan fingerprint density at radius 1 is 0.929 bits per heavy atom. The Kier molecular flexibility index (Phi) is 5.75. The zero-order chi connectivity index (χ0) is 19.3. The second-order valence-corrected chi connectivity index (χ2v) is 7.38. The largest absolute Gasteiger partial charge is 0.485 e. The molecule has 0 saturated heterocycles. The normalized spacial score (nSPS) is 22.6. The Bertz CT molecular complexity index is 879. The first-order valence-corrected chi connectivity index (χ1v) is 10.1. The lowest BCUT2D eigenvalue weighted by Crippen LogP contribution is -2.38. The number of aliphatic hydroxyl groups excluding tert-OH is 1. The summed E-state index contributed by atoms with van der Waals surface area (Å²) in [4.78, 5) is 0. The van der Waals surface area contributed by atoms with Gasteiger partial charge in [-0.3, -0.25) is 0 Å². The van der Waals surface area contributed by atoms with Crippen LogP contribution in [0, 0.1) is 0 Å². The van der Waals surface area contributed by atoms with Gasteiger partial charge < -0.3 is 15.2 Å². The Hall–Kier alpha value is -2.62. The Labute approximate surface area is 167 Å². The van der Waals surface area contributed by atoms with Crippen molar-refractivity contribution in [2.24, 2.45) is 0 Å². The molecule has 0 aliphatic carbocycles. The van der Waals surface area contributed by atoms with Gasteiger partial charge >= 0.3 is 0 Å². The second-order valence-electron chi connectivity index (χ2n) is 7.38. The molecule has 0 radical (unpaired) electrons. The first-order valence-electron chi connectivity index (χ1n) is 10.1. The zero-order valence-electron chi connectivity index (χ0n) is 16.2. The summed E-state index contributed by atoms with van der Waals surface area (Å²) in [7, 11) is 0. The Morgan fingerprint density at radius 3 is 2.29 bits per heavy atom. The van der Waals surface area contributed by atoms with Crippen LogP contribution in [0.5, 0.6) is 5.75 Å². The Balaban J connectivity index is 1.66. The molecular formula is C25H27NO2. The highest BCUT2D eigenvalue weighted by atomic mass is 16.5. The van der Waals surface area contributed by atoms with Gasteiger partial charge in [-0.25, -0.2) is 0 Å². The fourth-order valence-corrected chi connectivity index (χ4v) is 4.03. The smallest absolute Gasteiger partial charge is 0.126 e. The van der Waals surface area contributed by atoms with Crippen LogP contribution in [0.2, 0.25) is 0 Å². The van der Waals surface area contributed by atoms with Crippen molar-refractivity contribution in [2.75, 3.05) is 0 Å². The summed E-state index contributed by atoms with van der Waals surface area (Å²) in [6.45, 7) is 2.17. The van der Waals surface area contributed by atoms with E-state index >= 15 is 0 Å². The lowest BCUT2D eigenvalue weighted by atomic mass is 9.93. The molecule has 1 heterocycles. The number of fused-ring (bicyclic) bond motifs is 1. The fourth-order valence-electron chi connectivity index (χ4n) is 4.03. The fraction of sp³-hybridized carbons (Fsp3) is 0.280. The molecule has 3 heteroatoms. The molecule has 4 unspecified atom stereocenters. The van der Waals surface area contributed by atoms with Gasteiger partial charge in [0.15, 0.2) is 0 Å². The lowest BCUT2D eigenvalue weighted by Gasteiger charge is -2.29. The number of ether oxygens (including phenoxy) is 1. The number of benzene rings is 3. The number of nitrogens with one attached hydrogen (secondary N) is 1. The summed E-state index contributed by atoms with van der Waals surface area (Å²) in [5.41, 5.74) is 3.22. The quantitative estimate of drug-likeness (QED) is 0.633. The van der Waals surface area contributed by atoms with Gasteiger partial charge in [-0.1, -0.05) is 85.8 Å². The van der Waals surface area contributed by atoms with Gasteiger partial charge in [-0.15, -0.1) is 0 Å². The van der Waals surface area contributed by atoms with Crippen LogP contribution in [-0.4, -0.2) is 11.1 Å². The van der Waals surface area contributed by atoms with Gasteiger partial charge in [0.05, 0.1) is 6.10 Å². The van der Waals surface area contributed by atoms with Gasteiger partial charge in [-0.05, 0) is 23.6 Å². The van der Waals surface area contributed by atoms with Crippen molar-refractivity contribution in [3.8, 4) is 5.75 Å². The number of hydrogen-bond donors (Lipinski definition) is 2. The van der Waals surface area contributed by atoms with E-state index in [1.165, 1.54) is 5.56 Å². The van der Waals surface area contributed by atoms with E-state index in [1.807, 2.05) is 48.5 Å². The van der Waals surface area contributed by atoms with Gasteiger partial charge in [0, 0.05) is 24.1 Å². The molecule has 2 N–H and O–H groups in total. The van der Waals surface area contributed by atoms with Gasteiger partial charge in [0.2, 0.25) is 0 Å². The molecule has 0 saturated carbocycles. The molecule has 0 aromatic heterocycles. The van der Waals surface area contributed by atoms with Crippen LogP contribution in [-0.2, 0) is 0 Å². The molecule has 0 fully saturated rings. The number of aliphatic hydroxyl groups is 1. The Morgan fingerprint density at radius 2 is 1.57 bits per heavy atom. The minimum Gasteiger partial charge on any atom is -0.485 e. The van der Waals surface area contributed by atoms with Crippen LogP contribution in [0.15, 0.2) is 84.9 Å². The molecule has 4 atom stereocenters. The number of rotatable bonds is 5. The van der Waals surface area contributed by atoms with E-state index in [2.05, 4.69) is 48.6 Å².